The number of nitrogens with zero attached hydrogens (tertiary/aromatic N) is 1. The highest BCUT2D eigenvalue weighted by Gasteiger charge is 2.31. The van der Waals surface area contributed by atoms with Gasteiger partial charge in [-0.05, 0) is 45.4 Å². The van der Waals surface area contributed by atoms with E-state index in [0.29, 0.717) is 11.1 Å². The topological polar surface area (TPSA) is 114 Å². The van der Waals surface area contributed by atoms with E-state index in [2.05, 4.69) is 22.6 Å². The van der Waals surface area contributed by atoms with Crippen molar-refractivity contribution in [3.05, 3.63) is 35.4 Å². The third-order valence-corrected chi connectivity index (χ3v) is 4.02. The Bertz CT molecular complexity index is 935. The predicted molar refractivity (Wildman–Crippen MR) is 121 cm³/mol. The zero-order valence-electron chi connectivity index (χ0n) is 19.3. The van der Waals surface area contributed by atoms with Crippen LogP contribution in [0.5, 0.6) is 0 Å². The number of hydrogen-bond acceptors (Lipinski definition) is 6. The molecule has 9 nitrogen and oxygen atoms in total. The minimum Gasteiger partial charge on any atom is -0.466 e. The molecule has 0 radical (unpaired) electrons. The van der Waals surface area contributed by atoms with Gasteiger partial charge in [0.05, 0.1) is 13.0 Å². The number of terminal acetylenes is 2. The summed E-state index contributed by atoms with van der Waals surface area (Å²) in [5.41, 5.74) is 0.218. The largest absolute Gasteiger partial charge is 0.466 e. The number of carbonyl (C=O) groups is 4. The Kier molecular flexibility index (Phi) is 10.5. The van der Waals surface area contributed by atoms with Gasteiger partial charge in [0.25, 0.3) is 5.91 Å². The lowest BCUT2D eigenvalue weighted by molar-refractivity contribution is -0.143. The van der Waals surface area contributed by atoms with Crippen LogP contribution in [-0.2, 0) is 23.9 Å². The van der Waals surface area contributed by atoms with E-state index in [0.717, 1.165) is 4.90 Å². The summed E-state index contributed by atoms with van der Waals surface area (Å²) in [5.74, 6) is 0.664. The van der Waals surface area contributed by atoms with E-state index in [1.165, 1.54) is 0 Å². The molecule has 0 saturated heterocycles. The predicted octanol–water partition coefficient (Wildman–Crippen LogP) is 1.72. The molecule has 0 fully saturated rings. The van der Waals surface area contributed by atoms with Gasteiger partial charge in [-0.2, -0.15) is 0 Å². The van der Waals surface area contributed by atoms with Crippen molar-refractivity contribution < 1.29 is 28.7 Å². The van der Waals surface area contributed by atoms with Crippen molar-refractivity contribution in [3.63, 3.8) is 0 Å². The molecule has 1 rings (SSSR count). The number of amides is 3. The smallest absolute Gasteiger partial charge is 0.408 e. The highest BCUT2D eigenvalue weighted by Crippen LogP contribution is 2.21. The molecule has 0 saturated carbocycles. The van der Waals surface area contributed by atoms with Crippen LogP contribution in [-0.4, -0.2) is 54.1 Å². The third-order valence-electron chi connectivity index (χ3n) is 4.02. The first-order chi connectivity index (χ1) is 15.5. The number of nitrogens with one attached hydrogen (secondary N) is 2. The quantitative estimate of drug-likeness (QED) is 0.333. The average molecular weight is 456 g/mol. The molecule has 2 N–H and O–H groups in total. The van der Waals surface area contributed by atoms with Crippen LogP contribution in [0.1, 0.15) is 51.3 Å². The number of esters is 1. The summed E-state index contributed by atoms with van der Waals surface area (Å²) in [7, 11) is 0. The summed E-state index contributed by atoms with van der Waals surface area (Å²) in [6, 6.07) is 7.33. The van der Waals surface area contributed by atoms with Crippen LogP contribution < -0.4 is 10.6 Å². The first-order valence-corrected chi connectivity index (χ1v) is 10.3. The van der Waals surface area contributed by atoms with Gasteiger partial charge in [0.15, 0.2) is 0 Å². The van der Waals surface area contributed by atoms with Gasteiger partial charge in [0, 0.05) is 18.2 Å². The lowest BCUT2D eigenvalue weighted by Gasteiger charge is -2.27. The number of ether oxygens (including phenoxy) is 2. The Balaban J connectivity index is 3.03. The molecular weight excluding hydrogens is 426 g/mol. The lowest BCUT2D eigenvalue weighted by Crippen LogP contribution is -2.46. The molecule has 1 atom stereocenters. The number of carbonyl (C=O) groups excluding carboxylic acids is 4. The second-order valence-electron chi connectivity index (χ2n) is 7.76. The van der Waals surface area contributed by atoms with Gasteiger partial charge in [-0.3, -0.25) is 19.3 Å². The third kappa shape index (κ3) is 9.36. The molecule has 176 valence electrons. The summed E-state index contributed by atoms with van der Waals surface area (Å²) >= 11 is 0. The second-order valence-corrected chi connectivity index (χ2v) is 7.76. The van der Waals surface area contributed by atoms with Crippen molar-refractivity contribution in [1.29, 1.82) is 0 Å². The molecule has 0 aromatic heterocycles. The molecular formula is C24H29N3O6. The van der Waals surface area contributed by atoms with E-state index in [1.54, 1.807) is 52.0 Å². The van der Waals surface area contributed by atoms with Gasteiger partial charge in [-0.15, -0.1) is 6.42 Å². The monoisotopic (exact) mass is 455 g/mol. The molecule has 33 heavy (non-hydrogen) atoms. The van der Waals surface area contributed by atoms with Crippen molar-refractivity contribution in [2.75, 3.05) is 19.7 Å². The molecule has 1 unspecified atom stereocenters. The zero-order chi connectivity index (χ0) is 25.0. The maximum absolute atomic E-state index is 13.0. The molecule has 0 aliphatic carbocycles. The summed E-state index contributed by atoms with van der Waals surface area (Å²) < 4.78 is 9.93. The number of alkyl carbamates (subject to hydrolysis) is 1. The van der Waals surface area contributed by atoms with Crippen molar-refractivity contribution in [1.82, 2.24) is 15.5 Å². The van der Waals surface area contributed by atoms with E-state index in [9.17, 15) is 19.2 Å². The fourth-order valence-electron chi connectivity index (χ4n) is 2.63. The lowest BCUT2D eigenvalue weighted by atomic mass is 10.0. The van der Waals surface area contributed by atoms with Gasteiger partial charge in [-0.25, -0.2) is 4.79 Å². The molecule has 1 aromatic rings. The Morgan fingerprint density at radius 1 is 1.09 bits per heavy atom. The van der Waals surface area contributed by atoms with Crippen LogP contribution in [0.15, 0.2) is 24.3 Å². The van der Waals surface area contributed by atoms with Crippen LogP contribution in [0.4, 0.5) is 4.79 Å². The van der Waals surface area contributed by atoms with Crippen LogP contribution in [0.25, 0.3) is 0 Å². The SMILES string of the molecule is C#Cc1ccc(C(C(=O)NCCC(=O)OCC)N(C#C)C(=O)CNC(=O)OC(C)(C)C)cc1. The first kappa shape index (κ1) is 27.1. The molecule has 0 aliphatic rings. The summed E-state index contributed by atoms with van der Waals surface area (Å²) in [4.78, 5) is 50.0. The Morgan fingerprint density at radius 3 is 2.24 bits per heavy atom. The van der Waals surface area contributed by atoms with E-state index in [-0.39, 0.29) is 19.6 Å². The van der Waals surface area contributed by atoms with Gasteiger partial charge in [0.1, 0.15) is 18.2 Å². The Labute approximate surface area is 194 Å². The Hall–Kier alpha value is -3.98. The van der Waals surface area contributed by atoms with Crippen molar-refractivity contribution in [2.24, 2.45) is 0 Å². The molecule has 9 heteroatoms. The molecule has 0 heterocycles. The second kappa shape index (κ2) is 12.8. The highest BCUT2D eigenvalue weighted by atomic mass is 16.6. The van der Waals surface area contributed by atoms with Gasteiger partial charge >= 0.3 is 12.1 Å². The number of benzene rings is 1. The standard InChI is InChI=1S/C24H29N3O6/c1-7-17-10-12-18(13-11-17)21(22(30)25-15-14-20(29)32-9-3)27(8-2)19(28)16-26-23(31)33-24(4,5)6/h1-2,10-13,21H,9,14-16H2,3-6H3,(H,25,30)(H,26,31). The molecule has 3 amide bonds. The first-order valence-electron chi connectivity index (χ1n) is 10.3. The maximum Gasteiger partial charge on any atom is 0.408 e. The van der Waals surface area contributed by atoms with Crippen LogP contribution >= 0.6 is 0 Å². The van der Waals surface area contributed by atoms with Crippen LogP contribution in [0, 0.1) is 24.8 Å². The zero-order valence-corrected chi connectivity index (χ0v) is 19.3. The van der Waals surface area contributed by atoms with Crippen molar-refractivity contribution in [2.45, 2.75) is 45.8 Å². The normalized spacial score (nSPS) is 11.2. The van der Waals surface area contributed by atoms with Crippen LogP contribution in [0.2, 0.25) is 0 Å². The van der Waals surface area contributed by atoms with Gasteiger partial charge < -0.3 is 20.1 Å². The van der Waals surface area contributed by atoms with Crippen molar-refractivity contribution in [3.8, 4) is 24.8 Å². The van der Waals surface area contributed by atoms with Gasteiger partial charge in [0.2, 0.25) is 5.91 Å². The highest BCUT2D eigenvalue weighted by molar-refractivity contribution is 5.91. The fourth-order valence-corrected chi connectivity index (χ4v) is 2.63. The summed E-state index contributed by atoms with van der Waals surface area (Å²) in [5, 5.41) is 4.91. The van der Waals surface area contributed by atoms with E-state index in [4.69, 9.17) is 22.3 Å². The van der Waals surface area contributed by atoms with E-state index >= 15 is 0 Å². The Morgan fingerprint density at radius 2 is 1.73 bits per heavy atom. The number of rotatable bonds is 9. The molecule has 0 bridgehead atoms. The maximum atomic E-state index is 13.0. The molecule has 0 aliphatic heterocycles. The molecule has 1 aromatic carbocycles. The summed E-state index contributed by atoms with van der Waals surface area (Å²) in [6.07, 6.45) is 10.1. The van der Waals surface area contributed by atoms with E-state index in [1.807, 2.05) is 0 Å². The van der Waals surface area contributed by atoms with Crippen molar-refractivity contribution >= 4 is 23.9 Å². The van der Waals surface area contributed by atoms with E-state index < -0.39 is 42.1 Å². The minimum absolute atomic E-state index is 0.0145. The summed E-state index contributed by atoms with van der Waals surface area (Å²) in [6.45, 7) is 6.43. The molecule has 0 spiro atoms. The number of hydrogen-bond donors (Lipinski definition) is 2. The van der Waals surface area contributed by atoms with Crippen LogP contribution in [0.3, 0.4) is 0 Å². The van der Waals surface area contributed by atoms with Gasteiger partial charge in [-0.1, -0.05) is 24.5 Å². The minimum atomic E-state index is -1.23. The average Bonchev–Trinajstić information content (AvgIpc) is 2.74. The fraction of sp³-hybridized carbons (Fsp3) is 0.417.